The van der Waals surface area contributed by atoms with Gasteiger partial charge in [0.15, 0.2) is 0 Å². The molecule has 1 unspecified atom stereocenters. The van der Waals surface area contributed by atoms with E-state index in [0.717, 1.165) is 42.7 Å². The van der Waals surface area contributed by atoms with Gasteiger partial charge >= 0.3 is 0 Å². The zero-order valence-corrected chi connectivity index (χ0v) is 12.4. The maximum Gasteiger partial charge on any atom is 0.108 e. The van der Waals surface area contributed by atoms with Crippen LogP contribution >= 0.6 is 0 Å². The standard InChI is InChI=1S/C17H26O2/c1-4-19-17(11-9-13(2)10-12-17)16(18)15-8-6-5-7-14(15)3/h5-8,13,16,18H,4,9-12H2,1-3H3. The number of ether oxygens (including phenoxy) is 1. The zero-order chi connectivity index (χ0) is 13.9. The summed E-state index contributed by atoms with van der Waals surface area (Å²) in [6.07, 6.45) is 3.68. The molecule has 0 spiro atoms. The summed E-state index contributed by atoms with van der Waals surface area (Å²) in [4.78, 5) is 0. The Hall–Kier alpha value is -0.860. The van der Waals surface area contributed by atoms with Gasteiger partial charge in [0, 0.05) is 6.61 Å². The van der Waals surface area contributed by atoms with E-state index >= 15 is 0 Å². The molecule has 1 aromatic carbocycles. The largest absolute Gasteiger partial charge is 0.385 e. The fourth-order valence-corrected chi connectivity index (χ4v) is 3.21. The van der Waals surface area contributed by atoms with Crippen molar-refractivity contribution in [2.75, 3.05) is 6.61 Å². The molecule has 1 atom stereocenters. The Labute approximate surface area is 116 Å². The van der Waals surface area contributed by atoms with Gasteiger partial charge in [-0.1, -0.05) is 31.2 Å². The van der Waals surface area contributed by atoms with Crippen LogP contribution in [0.3, 0.4) is 0 Å². The molecule has 2 heteroatoms. The molecule has 106 valence electrons. The highest BCUT2D eigenvalue weighted by Crippen LogP contribution is 2.43. The lowest BCUT2D eigenvalue weighted by molar-refractivity contribution is -0.146. The third-order valence-corrected chi connectivity index (χ3v) is 4.53. The van der Waals surface area contributed by atoms with Gasteiger partial charge in [-0.05, 0) is 56.6 Å². The van der Waals surface area contributed by atoms with E-state index in [4.69, 9.17) is 4.74 Å². The van der Waals surface area contributed by atoms with Crippen molar-refractivity contribution in [3.05, 3.63) is 35.4 Å². The SMILES string of the molecule is CCOC1(C(O)c2ccccc2C)CCC(C)CC1. The molecule has 1 aliphatic carbocycles. The number of aryl methyl sites for hydroxylation is 1. The lowest BCUT2D eigenvalue weighted by Crippen LogP contribution is -2.43. The maximum atomic E-state index is 10.9. The van der Waals surface area contributed by atoms with Crippen LogP contribution in [0.5, 0.6) is 0 Å². The van der Waals surface area contributed by atoms with Crippen molar-refractivity contribution < 1.29 is 9.84 Å². The average Bonchev–Trinajstić information content (AvgIpc) is 2.42. The molecule has 1 saturated carbocycles. The first-order valence-corrected chi connectivity index (χ1v) is 7.46. The molecule has 0 aromatic heterocycles. The molecule has 1 aliphatic rings. The van der Waals surface area contributed by atoms with E-state index in [-0.39, 0.29) is 5.60 Å². The molecule has 1 fully saturated rings. The number of aliphatic hydroxyl groups is 1. The van der Waals surface area contributed by atoms with Crippen LogP contribution in [0, 0.1) is 12.8 Å². The highest BCUT2D eigenvalue weighted by atomic mass is 16.5. The second-order valence-electron chi connectivity index (χ2n) is 5.94. The van der Waals surface area contributed by atoms with Gasteiger partial charge in [0.25, 0.3) is 0 Å². The van der Waals surface area contributed by atoms with Crippen molar-refractivity contribution in [1.29, 1.82) is 0 Å². The van der Waals surface area contributed by atoms with Crippen LogP contribution in [0.2, 0.25) is 0 Å². The van der Waals surface area contributed by atoms with Gasteiger partial charge in [0.05, 0.1) is 5.60 Å². The lowest BCUT2D eigenvalue weighted by Gasteiger charge is -2.43. The topological polar surface area (TPSA) is 29.5 Å². The van der Waals surface area contributed by atoms with E-state index in [0.29, 0.717) is 6.61 Å². The van der Waals surface area contributed by atoms with Crippen LogP contribution in [0.4, 0.5) is 0 Å². The second-order valence-corrected chi connectivity index (χ2v) is 5.94. The molecule has 2 rings (SSSR count). The lowest BCUT2D eigenvalue weighted by atomic mass is 9.74. The summed E-state index contributed by atoms with van der Waals surface area (Å²) in [6, 6.07) is 8.10. The van der Waals surface area contributed by atoms with Crippen LogP contribution in [0.15, 0.2) is 24.3 Å². The summed E-state index contributed by atoms with van der Waals surface area (Å²) in [5.41, 5.74) is 1.78. The van der Waals surface area contributed by atoms with Gasteiger partial charge in [-0.2, -0.15) is 0 Å². The molecular formula is C17H26O2. The van der Waals surface area contributed by atoms with E-state index in [1.54, 1.807) is 0 Å². The fourth-order valence-electron chi connectivity index (χ4n) is 3.21. The quantitative estimate of drug-likeness (QED) is 0.888. The van der Waals surface area contributed by atoms with Gasteiger partial charge < -0.3 is 9.84 Å². The number of rotatable bonds is 4. The van der Waals surface area contributed by atoms with Crippen molar-refractivity contribution >= 4 is 0 Å². The minimum absolute atomic E-state index is 0.382. The Morgan fingerprint density at radius 1 is 1.32 bits per heavy atom. The molecule has 0 saturated heterocycles. The van der Waals surface area contributed by atoms with Gasteiger partial charge in [0.1, 0.15) is 6.10 Å². The Bertz CT molecular complexity index is 405. The summed E-state index contributed by atoms with van der Waals surface area (Å²) >= 11 is 0. The molecule has 0 radical (unpaired) electrons. The normalized spacial score (nSPS) is 29.2. The average molecular weight is 262 g/mol. The van der Waals surface area contributed by atoms with E-state index in [1.807, 2.05) is 25.1 Å². The fraction of sp³-hybridized carbons (Fsp3) is 0.647. The van der Waals surface area contributed by atoms with Crippen LogP contribution in [0.25, 0.3) is 0 Å². The number of hydrogen-bond donors (Lipinski definition) is 1. The predicted octanol–water partition coefficient (Wildman–Crippen LogP) is 4.01. The van der Waals surface area contributed by atoms with Crippen molar-refractivity contribution in [3.8, 4) is 0 Å². The molecule has 0 heterocycles. The Balaban J connectivity index is 2.26. The van der Waals surface area contributed by atoms with Gasteiger partial charge in [-0.15, -0.1) is 0 Å². The highest BCUT2D eigenvalue weighted by molar-refractivity contribution is 5.29. The zero-order valence-electron chi connectivity index (χ0n) is 12.4. The Kier molecular flexibility index (Phi) is 4.64. The first-order valence-electron chi connectivity index (χ1n) is 7.46. The number of benzene rings is 1. The van der Waals surface area contributed by atoms with Gasteiger partial charge in [0.2, 0.25) is 0 Å². The summed E-state index contributed by atoms with van der Waals surface area (Å²) in [5, 5.41) is 10.9. The number of hydrogen-bond acceptors (Lipinski definition) is 2. The molecular weight excluding hydrogens is 236 g/mol. The molecule has 2 nitrogen and oxygen atoms in total. The van der Waals surface area contributed by atoms with Gasteiger partial charge in [-0.3, -0.25) is 0 Å². The third-order valence-electron chi connectivity index (χ3n) is 4.53. The Morgan fingerprint density at radius 3 is 2.53 bits per heavy atom. The minimum atomic E-state index is -0.513. The summed E-state index contributed by atoms with van der Waals surface area (Å²) < 4.78 is 6.04. The van der Waals surface area contributed by atoms with Crippen LogP contribution in [-0.4, -0.2) is 17.3 Å². The number of aliphatic hydroxyl groups excluding tert-OH is 1. The second kappa shape index (κ2) is 6.06. The van der Waals surface area contributed by atoms with Crippen molar-refractivity contribution in [1.82, 2.24) is 0 Å². The first kappa shape index (κ1) is 14.5. The molecule has 0 bridgehead atoms. The smallest absolute Gasteiger partial charge is 0.108 e. The van der Waals surface area contributed by atoms with E-state index in [2.05, 4.69) is 19.9 Å². The predicted molar refractivity (Wildman–Crippen MR) is 78.1 cm³/mol. The summed E-state index contributed by atoms with van der Waals surface area (Å²) in [7, 11) is 0. The summed E-state index contributed by atoms with van der Waals surface area (Å²) in [5.74, 6) is 0.748. The van der Waals surface area contributed by atoms with Crippen molar-refractivity contribution in [3.63, 3.8) is 0 Å². The molecule has 19 heavy (non-hydrogen) atoms. The van der Waals surface area contributed by atoms with Crippen molar-refractivity contribution in [2.24, 2.45) is 5.92 Å². The van der Waals surface area contributed by atoms with E-state index in [1.165, 1.54) is 0 Å². The van der Waals surface area contributed by atoms with E-state index < -0.39 is 6.10 Å². The molecule has 1 N–H and O–H groups in total. The van der Waals surface area contributed by atoms with Crippen molar-refractivity contribution in [2.45, 2.75) is 58.2 Å². The van der Waals surface area contributed by atoms with Crippen LogP contribution in [-0.2, 0) is 4.74 Å². The molecule has 0 aliphatic heterocycles. The first-order chi connectivity index (χ1) is 9.09. The van der Waals surface area contributed by atoms with Gasteiger partial charge in [-0.25, -0.2) is 0 Å². The molecule has 0 amide bonds. The van der Waals surface area contributed by atoms with Crippen LogP contribution in [0.1, 0.15) is 56.8 Å². The Morgan fingerprint density at radius 2 is 1.95 bits per heavy atom. The third kappa shape index (κ3) is 3.01. The summed E-state index contributed by atoms with van der Waals surface area (Å²) in [6.45, 7) is 7.03. The van der Waals surface area contributed by atoms with E-state index in [9.17, 15) is 5.11 Å². The highest BCUT2D eigenvalue weighted by Gasteiger charge is 2.42. The maximum absolute atomic E-state index is 10.9. The van der Waals surface area contributed by atoms with Crippen LogP contribution < -0.4 is 0 Å². The molecule has 1 aromatic rings. The minimum Gasteiger partial charge on any atom is -0.385 e. The monoisotopic (exact) mass is 262 g/mol.